The molecule has 2 fully saturated rings. The first-order valence-electron chi connectivity index (χ1n) is 7.34. The zero-order valence-corrected chi connectivity index (χ0v) is 11.5. The van der Waals surface area contributed by atoms with E-state index in [0.29, 0.717) is 6.10 Å². The van der Waals surface area contributed by atoms with Gasteiger partial charge in [0.05, 0.1) is 6.10 Å². The maximum Gasteiger partial charge on any atom is 0.0588 e. The van der Waals surface area contributed by atoms with Crippen molar-refractivity contribution in [1.29, 1.82) is 0 Å². The molecule has 2 heterocycles. The minimum absolute atomic E-state index is 0.479. The fourth-order valence-electron chi connectivity index (χ4n) is 3.08. The Labute approximate surface area is 106 Å². The second-order valence-corrected chi connectivity index (χ2v) is 5.74. The molecule has 3 atom stereocenters. The Bertz CT molecular complexity index is 222. The fourth-order valence-corrected chi connectivity index (χ4v) is 3.08. The summed E-state index contributed by atoms with van der Waals surface area (Å²) in [5, 5.41) is 3.55. The second-order valence-electron chi connectivity index (χ2n) is 5.74. The smallest absolute Gasteiger partial charge is 0.0588 e. The third-order valence-electron chi connectivity index (χ3n) is 4.26. The van der Waals surface area contributed by atoms with Crippen LogP contribution >= 0.6 is 0 Å². The van der Waals surface area contributed by atoms with Gasteiger partial charge in [0, 0.05) is 19.7 Å². The molecule has 2 saturated heterocycles. The molecular weight excluding hydrogens is 212 g/mol. The summed E-state index contributed by atoms with van der Waals surface area (Å²) in [6.07, 6.45) is 4.36. The molecule has 2 aliphatic heterocycles. The number of rotatable bonds is 6. The molecule has 0 aliphatic carbocycles. The van der Waals surface area contributed by atoms with E-state index in [9.17, 15) is 0 Å². The van der Waals surface area contributed by atoms with Gasteiger partial charge in [-0.1, -0.05) is 6.92 Å². The lowest BCUT2D eigenvalue weighted by molar-refractivity contribution is 0.0952. The fraction of sp³-hybridized carbons (Fsp3) is 1.00. The molecule has 0 aromatic heterocycles. The normalized spacial score (nSPS) is 34.6. The summed E-state index contributed by atoms with van der Waals surface area (Å²) in [6.45, 7) is 11.7. The molecule has 0 saturated carbocycles. The van der Waals surface area contributed by atoms with Gasteiger partial charge in [-0.15, -0.1) is 0 Å². The molecule has 0 aromatic rings. The predicted molar refractivity (Wildman–Crippen MR) is 71.2 cm³/mol. The van der Waals surface area contributed by atoms with Crippen LogP contribution in [0.25, 0.3) is 0 Å². The van der Waals surface area contributed by atoms with E-state index in [-0.39, 0.29) is 0 Å². The van der Waals surface area contributed by atoms with Crippen LogP contribution in [-0.4, -0.2) is 50.3 Å². The maximum absolute atomic E-state index is 5.64. The van der Waals surface area contributed by atoms with Gasteiger partial charge in [-0.05, 0) is 57.7 Å². The lowest BCUT2D eigenvalue weighted by Gasteiger charge is -2.22. The lowest BCUT2D eigenvalue weighted by Crippen LogP contribution is -2.32. The summed E-state index contributed by atoms with van der Waals surface area (Å²) in [5.41, 5.74) is 0. The third kappa shape index (κ3) is 3.94. The van der Waals surface area contributed by atoms with Crippen LogP contribution in [0.5, 0.6) is 0 Å². The Morgan fingerprint density at radius 1 is 1.35 bits per heavy atom. The van der Waals surface area contributed by atoms with Crippen molar-refractivity contribution < 1.29 is 4.74 Å². The lowest BCUT2D eigenvalue weighted by atomic mass is 10.0. The largest absolute Gasteiger partial charge is 0.378 e. The molecule has 2 aliphatic rings. The molecule has 3 heteroatoms. The van der Waals surface area contributed by atoms with Crippen LogP contribution in [0, 0.1) is 11.8 Å². The van der Waals surface area contributed by atoms with Crippen LogP contribution in [0.4, 0.5) is 0 Å². The molecule has 0 spiro atoms. The highest BCUT2D eigenvalue weighted by Gasteiger charge is 2.29. The van der Waals surface area contributed by atoms with Crippen molar-refractivity contribution in [3.63, 3.8) is 0 Å². The Morgan fingerprint density at radius 2 is 2.24 bits per heavy atom. The minimum atomic E-state index is 0.479. The van der Waals surface area contributed by atoms with Crippen LogP contribution in [0.3, 0.4) is 0 Å². The van der Waals surface area contributed by atoms with E-state index >= 15 is 0 Å². The standard InChI is InChI=1S/C14H28N2O/c1-3-6-15-9-13-4-7-16(10-13)11-14-5-8-17-12(14)2/h12-15H,3-11H2,1-2H3. The number of ether oxygens (including phenoxy) is 1. The second kappa shape index (κ2) is 6.72. The van der Waals surface area contributed by atoms with E-state index in [2.05, 4.69) is 24.1 Å². The van der Waals surface area contributed by atoms with Gasteiger partial charge in [0.15, 0.2) is 0 Å². The highest BCUT2D eigenvalue weighted by Crippen LogP contribution is 2.24. The zero-order valence-electron chi connectivity index (χ0n) is 11.5. The van der Waals surface area contributed by atoms with Gasteiger partial charge >= 0.3 is 0 Å². The summed E-state index contributed by atoms with van der Waals surface area (Å²) in [4.78, 5) is 2.65. The summed E-state index contributed by atoms with van der Waals surface area (Å²) >= 11 is 0. The minimum Gasteiger partial charge on any atom is -0.378 e. The van der Waals surface area contributed by atoms with Crippen molar-refractivity contribution in [2.24, 2.45) is 11.8 Å². The summed E-state index contributed by atoms with van der Waals surface area (Å²) in [5.74, 6) is 1.65. The first-order chi connectivity index (χ1) is 8.29. The van der Waals surface area contributed by atoms with E-state index in [4.69, 9.17) is 4.74 Å². The number of likely N-dealkylation sites (tertiary alicyclic amines) is 1. The Kier molecular flexibility index (Phi) is 5.26. The van der Waals surface area contributed by atoms with Gasteiger partial charge in [-0.3, -0.25) is 0 Å². The number of nitrogens with one attached hydrogen (secondary N) is 1. The summed E-state index contributed by atoms with van der Waals surface area (Å²) < 4.78 is 5.64. The first kappa shape index (κ1) is 13.3. The number of hydrogen-bond donors (Lipinski definition) is 1. The Hall–Kier alpha value is -0.120. The van der Waals surface area contributed by atoms with Gasteiger partial charge in [-0.25, -0.2) is 0 Å². The number of hydrogen-bond acceptors (Lipinski definition) is 3. The number of nitrogens with zero attached hydrogens (tertiary/aromatic N) is 1. The SMILES string of the molecule is CCCNCC1CCN(CC2CCOC2C)C1. The van der Waals surface area contributed by atoms with Crippen molar-refractivity contribution in [2.75, 3.05) is 39.3 Å². The molecule has 3 nitrogen and oxygen atoms in total. The van der Waals surface area contributed by atoms with Crippen LogP contribution in [0.1, 0.15) is 33.1 Å². The van der Waals surface area contributed by atoms with Crippen molar-refractivity contribution >= 4 is 0 Å². The molecule has 0 aromatic carbocycles. The molecule has 0 radical (unpaired) electrons. The third-order valence-corrected chi connectivity index (χ3v) is 4.26. The molecule has 1 N–H and O–H groups in total. The van der Waals surface area contributed by atoms with Crippen LogP contribution in [0.2, 0.25) is 0 Å². The van der Waals surface area contributed by atoms with Crippen LogP contribution in [0.15, 0.2) is 0 Å². The summed E-state index contributed by atoms with van der Waals surface area (Å²) in [6, 6.07) is 0. The van der Waals surface area contributed by atoms with Crippen molar-refractivity contribution in [1.82, 2.24) is 10.2 Å². The van der Waals surface area contributed by atoms with Gasteiger partial charge < -0.3 is 15.0 Å². The zero-order chi connectivity index (χ0) is 12.1. The summed E-state index contributed by atoms with van der Waals surface area (Å²) in [7, 11) is 0. The van der Waals surface area contributed by atoms with E-state index in [0.717, 1.165) is 18.4 Å². The predicted octanol–water partition coefficient (Wildman–Crippen LogP) is 1.73. The van der Waals surface area contributed by atoms with E-state index in [1.54, 1.807) is 0 Å². The molecule has 0 amide bonds. The average molecular weight is 240 g/mol. The van der Waals surface area contributed by atoms with E-state index in [1.807, 2.05) is 0 Å². The van der Waals surface area contributed by atoms with Crippen molar-refractivity contribution in [2.45, 2.75) is 39.2 Å². The van der Waals surface area contributed by atoms with Gasteiger partial charge in [-0.2, -0.15) is 0 Å². The van der Waals surface area contributed by atoms with Gasteiger partial charge in [0.25, 0.3) is 0 Å². The van der Waals surface area contributed by atoms with Crippen LogP contribution < -0.4 is 5.32 Å². The van der Waals surface area contributed by atoms with E-state index in [1.165, 1.54) is 52.0 Å². The highest BCUT2D eigenvalue weighted by molar-refractivity contribution is 4.82. The van der Waals surface area contributed by atoms with Crippen LogP contribution in [-0.2, 0) is 4.74 Å². The average Bonchev–Trinajstić information content (AvgIpc) is 2.91. The topological polar surface area (TPSA) is 24.5 Å². The maximum atomic E-state index is 5.64. The van der Waals surface area contributed by atoms with Gasteiger partial charge in [0.1, 0.15) is 0 Å². The molecular formula is C14H28N2O. The quantitative estimate of drug-likeness (QED) is 0.716. The molecule has 0 bridgehead atoms. The molecule has 17 heavy (non-hydrogen) atoms. The Balaban J connectivity index is 1.63. The van der Waals surface area contributed by atoms with E-state index < -0.39 is 0 Å². The molecule has 3 unspecified atom stereocenters. The van der Waals surface area contributed by atoms with Crippen molar-refractivity contribution in [3.8, 4) is 0 Å². The van der Waals surface area contributed by atoms with Gasteiger partial charge in [0.2, 0.25) is 0 Å². The molecule has 100 valence electrons. The molecule has 2 rings (SSSR count). The first-order valence-corrected chi connectivity index (χ1v) is 7.34. The van der Waals surface area contributed by atoms with Crippen molar-refractivity contribution in [3.05, 3.63) is 0 Å². The Morgan fingerprint density at radius 3 is 2.94 bits per heavy atom. The monoisotopic (exact) mass is 240 g/mol. The highest BCUT2D eigenvalue weighted by atomic mass is 16.5.